The summed E-state index contributed by atoms with van der Waals surface area (Å²) in [6, 6.07) is 13.1. The summed E-state index contributed by atoms with van der Waals surface area (Å²) in [6.45, 7) is 0. The summed E-state index contributed by atoms with van der Waals surface area (Å²) in [4.78, 5) is 12.2. The van der Waals surface area contributed by atoms with Gasteiger partial charge in [-0.05, 0) is 35.4 Å². The van der Waals surface area contributed by atoms with E-state index in [1.807, 2.05) is 42.5 Å². The van der Waals surface area contributed by atoms with E-state index in [9.17, 15) is 4.79 Å². The Labute approximate surface area is 167 Å². The van der Waals surface area contributed by atoms with Crippen LogP contribution in [0, 0.1) is 0 Å². The lowest BCUT2D eigenvalue weighted by atomic mass is 10.1. The molecule has 0 fully saturated rings. The lowest BCUT2D eigenvalue weighted by Crippen LogP contribution is -2.14. The van der Waals surface area contributed by atoms with Crippen LogP contribution in [0.2, 0.25) is 0 Å². The van der Waals surface area contributed by atoms with Crippen molar-refractivity contribution in [2.75, 3.05) is 26.6 Å². The molecule has 0 aliphatic carbocycles. The van der Waals surface area contributed by atoms with Crippen LogP contribution in [-0.4, -0.2) is 37.4 Å². The quantitative estimate of drug-likeness (QED) is 0.626. The number of carbonyl (C=O) groups is 1. The van der Waals surface area contributed by atoms with Crippen molar-refractivity contribution in [2.24, 2.45) is 0 Å². The van der Waals surface area contributed by atoms with Crippen LogP contribution in [0.5, 0.6) is 17.2 Å². The van der Waals surface area contributed by atoms with E-state index in [4.69, 9.17) is 14.2 Å². The number of nitrogens with zero attached hydrogens (tertiary/aromatic N) is 2. The van der Waals surface area contributed by atoms with Crippen LogP contribution in [0.25, 0.3) is 0 Å². The summed E-state index contributed by atoms with van der Waals surface area (Å²) in [5.41, 5.74) is 1.92. The van der Waals surface area contributed by atoms with Crippen molar-refractivity contribution in [1.29, 1.82) is 0 Å². The number of hydrogen-bond donors (Lipinski definition) is 1. The van der Waals surface area contributed by atoms with Crippen LogP contribution in [0.4, 0.5) is 5.13 Å². The normalized spacial score (nSPS) is 10.4. The molecule has 1 N–H and O–H groups in total. The molecule has 28 heavy (non-hydrogen) atoms. The molecule has 0 aliphatic rings. The zero-order valence-corrected chi connectivity index (χ0v) is 16.7. The minimum absolute atomic E-state index is 0.140. The smallest absolute Gasteiger partial charge is 0.230 e. The Morgan fingerprint density at radius 2 is 1.64 bits per heavy atom. The van der Waals surface area contributed by atoms with Crippen molar-refractivity contribution < 1.29 is 19.0 Å². The van der Waals surface area contributed by atoms with Gasteiger partial charge in [0.25, 0.3) is 0 Å². The Bertz CT molecular complexity index is 941. The number of aromatic nitrogens is 2. The van der Waals surface area contributed by atoms with Gasteiger partial charge in [-0.25, -0.2) is 0 Å². The second kappa shape index (κ2) is 9.18. The molecule has 0 bridgehead atoms. The predicted molar refractivity (Wildman–Crippen MR) is 108 cm³/mol. The van der Waals surface area contributed by atoms with Gasteiger partial charge in [-0.3, -0.25) is 4.79 Å². The number of nitrogens with one attached hydrogen (secondary N) is 1. The number of hydrogen-bond acceptors (Lipinski definition) is 7. The number of rotatable bonds is 8. The molecule has 0 saturated carbocycles. The van der Waals surface area contributed by atoms with Crippen LogP contribution in [0.15, 0.2) is 42.5 Å². The summed E-state index contributed by atoms with van der Waals surface area (Å²) in [6.07, 6.45) is 0.848. The molecule has 0 saturated heterocycles. The van der Waals surface area contributed by atoms with E-state index in [0.717, 1.165) is 21.9 Å². The molecule has 0 spiro atoms. The molecule has 7 nitrogen and oxygen atoms in total. The van der Waals surface area contributed by atoms with E-state index >= 15 is 0 Å². The van der Waals surface area contributed by atoms with Crippen molar-refractivity contribution >= 4 is 22.4 Å². The molecular formula is C20H21N3O4S. The summed E-state index contributed by atoms with van der Waals surface area (Å²) in [7, 11) is 4.81. The maximum absolute atomic E-state index is 12.2. The second-order valence-corrected chi connectivity index (χ2v) is 7.00. The van der Waals surface area contributed by atoms with Gasteiger partial charge in [0.15, 0.2) is 11.5 Å². The average Bonchev–Trinajstić information content (AvgIpc) is 3.14. The van der Waals surface area contributed by atoms with Crippen LogP contribution in [0.1, 0.15) is 16.1 Å². The number of anilines is 1. The van der Waals surface area contributed by atoms with Crippen molar-refractivity contribution in [1.82, 2.24) is 10.2 Å². The van der Waals surface area contributed by atoms with Crippen LogP contribution < -0.4 is 19.5 Å². The predicted octanol–water partition coefficient (Wildman–Crippen LogP) is 3.34. The van der Waals surface area contributed by atoms with E-state index < -0.39 is 0 Å². The van der Waals surface area contributed by atoms with Gasteiger partial charge in [0.05, 0.1) is 27.8 Å². The van der Waals surface area contributed by atoms with Crippen LogP contribution in [-0.2, 0) is 17.6 Å². The molecule has 8 heteroatoms. The zero-order valence-electron chi connectivity index (χ0n) is 15.9. The summed E-state index contributed by atoms with van der Waals surface area (Å²) >= 11 is 1.35. The van der Waals surface area contributed by atoms with Crippen molar-refractivity contribution in [3.05, 3.63) is 58.6 Å². The Kier molecular flexibility index (Phi) is 6.44. The first-order valence-electron chi connectivity index (χ1n) is 8.57. The Morgan fingerprint density at radius 3 is 2.32 bits per heavy atom. The fraction of sp³-hybridized carbons (Fsp3) is 0.250. The maximum atomic E-state index is 12.2. The number of ether oxygens (including phenoxy) is 3. The first-order valence-corrected chi connectivity index (χ1v) is 9.39. The lowest BCUT2D eigenvalue weighted by Gasteiger charge is -2.08. The van der Waals surface area contributed by atoms with Gasteiger partial charge in [-0.1, -0.05) is 29.5 Å². The third-order valence-electron chi connectivity index (χ3n) is 4.04. The molecule has 1 heterocycles. The number of methoxy groups -OCH3 is 3. The lowest BCUT2D eigenvalue weighted by molar-refractivity contribution is -0.115. The zero-order chi connectivity index (χ0) is 19.9. The molecule has 0 atom stereocenters. The summed E-state index contributed by atoms with van der Waals surface area (Å²) in [5.74, 6) is 1.96. The molecule has 0 unspecified atom stereocenters. The molecule has 3 aromatic rings. The molecule has 0 radical (unpaired) electrons. The van der Waals surface area contributed by atoms with Crippen molar-refractivity contribution in [2.45, 2.75) is 12.8 Å². The standard InChI is InChI=1S/C20H21N3O4S/c1-25-15-7-4-13(5-8-15)11-18(24)21-20-23-22-19(28-20)12-14-6-9-16(26-2)17(10-14)27-3/h4-10H,11-12H2,1-3H3,(H,21,23,24). The molecule has 1 amide bonds. The number of amides is 1. The molecule has 3 rings (SSSR count). The number of benzene rings is 2. The molecule has 0 aliphatic heterocycles. The highest BCUT2D eigenvalue weighted by molar-refractivity contribution is 7.15. The minimum Gasteiger partial charge on any atom is -0.497 e. The van der Waals surface area contributed by atoms with Gasteiger partial charge in [0.2, 0.25) is 11.0 Å². The van der Waals surface area contributed by atoms with E-state index in [0.29, 0.717) is 23.1 Å². The van der Waals surface area contributed by atoms with Crippen molar-refractivity contribution in [3.8, 4) is 17.2 Å². The van der Waals surface area contributed by atoms with E-state index in [-0.39, 0.29) is 12.3 Å². The Balaban J connectivity index is 1.59. The molecule has 1 aromatic heterocycles. The molecule has 2 aromatic carbocycles. The third kappa shape index (κ3) is 4.98. The first-order chi connectivity index (χ1) is 13.6. The second-order valence-electron chi connectivity index (χ2n) is 5.94. The first kappa shape index (κ1) is 19.6. The average molecular weight is 399 g/mol. The van der Waals surface area contributed by atoms with Gasteiger partial charge in [-0.15, -0.1) is 10.2 Å². The van der Waals surface area contributed by atoms with E-state index in [2.05, 4.69) is 15.5 Å². The highest BCUT2D eigenvalue weighted by atomic mass is 32.1. The number of carbonyl (C=O) groups excluding carboxylic acids is 1. The minimum atomic E-state index is -0.140. The van der Waals surface area contributed by atoms with Crippen LogP contribution in [0.3, 0.4) is 0 Å². The van der Waals surface area contributed by atoms with Gasteiger partial charge < -0.3 is 19.5 Å². The maximum Gasteiger partial charge on any atom is 0.230 e. The largest absolute Gasteiger partial charge is 0.497 e. The van der Waals surface area contributed by atoms with Gasteiger partial charge >= 0.3 is 0 Å². The fourth-order valence-corrected chi connectivity index (χ4v) is 3.42. The molecular weight excluding hydrogens is 378 g/mol. The van der Waals surface area contributed by atoms with E-state index in [1.165, 1.54) is 11.3 Å². The topological polar surface area (TPSA) is 82.6 Å². The highest BCUT2D eigenvalue weighted by Gasteiger charge is 2.11. The van der Waals surface area contributed by atoms with Crippen molar-refractivity contribution in [3.63, 3.8) is 0 Å². The summed E-state index contributed by atoms with van der Waals surface area (Å²) < 4.78 is 15.7. The molecule has 146 valence electrons. The van der Waals surface area contributed by atoms with Gasteiger partial charge in [0, 0.05) is 6.42 Å². The summed E-state index contributed by atoms with van der Waals surface area (Å²) in [5, 5.41) is 12.3. The SMILES string of the molecule is COc1ccc(CC(=O)Nc2nnc(Cc3ccc(OC)c(OC)c3)s2)cc1. The fourth-order valence-electron chi connectivity index (χ4n) is 2.63. The Hall–Kier alpha value is -3.13. The monoisotopic (exact) mass is 399 g/mol. The highest BCUT2D eigenvalue weighted by Crippen LogP contribution is 2.29. The third-order valence-corrected chi connectivity index (χ3v) is 4.88. The Morgan fingerprint density at radius 1 is 0.929 bits per heavy atom. The van der Waals surface area contributed by atoms with Gasteiger partial charge in [0.1, 0.15) is 10.8 Å². The van der Waals surface area contributed by atoms with E-state index in [1.54, 1.807) is 21.3 Å². The van der Waals surface area contributed by atoms with Gasteiger partial charge in [-0.2, -0.15) is 0 Å². The van der Waals surface area contributed by atoms with Crippen LogP contribution >= 0.6 is 11.3 Å².